The van der Waals surface area contributed by atoms with Gasteiger partial charge in [-0.2, -0.15) is 13.2 Å². The summed E-state index contributed by atoms with van der Waals surface area (Å²) in [6, 6.07) is 3.53. The van der Waals surface area contributed by atoms with E-state index in [0.29, 0.717) is 29.1 Å². The standard InChI is InChI=1S/C17H18F3N3O2S/c1-9-15(26-8-23-9)12-3-2-10(4-13(12)17(18,19)20)6-22-16(25)14-5-11(24)7-21-14/h2-4,8,11,14,21,24H,5-7H2,1H3,(H,22,25)/t11-,14+/m1/s1. The van der Waals surface area contributed by atoms with Crippen LogP contribution in [0.3, 0.4) is 0 Å². The number of aromatic nitrogens is 1. The van der Waals surface area contributed by atoms with Crippen LogP contribution in [0.1, 0.15) is 23.2 Å². The Morgan fingerprint density at radius 2 is 2.23 bits per heavy atom. The lowest BCUT2D eigenvalue weighted by atomic mass is 10.0. The zero-order valence-electron chi connectivity index (χ0n) is 13.9. The number of alkyl halides is 3. The number of carbonyl (C=O) groups excluding carboxylic acids is 1. The first-order chi connectivity index (χ1) is 12.3. The summed E-state index contributed by atoms with van der Waals surface area (Å²) < 4.78 is 40.5. The van der Waals surface area contributed by atoms with Gasteiger partial charge in [-0.15, -0.1) is 11.3 Å². The number of hydrogen-bond donors (Lipinski definition) is 3. The van der Waals surface area contributed by atoms with Crippen LogP contribution < -0.4 is 10.6 Å². The first-order valence-electron chi connectivity index (χ1n) is 8.05. The van der Waals surface area contributed by atoms with Crippen LogP contribution in [0.5, 0.6) is 0 Å². The van der Waals surface area contributed by atoms with E-state index >= 15 is 0 Å². The molecule has 2 heterocycles. The molecule has 1 fully saturated rings. The molecule has 1 amide bonds. The maximum Gasteiger partial charge on any atom is 0.417 e. The van der Waals surface area contributed by atoms with Crippen molar-refractivity contribution < 1.29 is 23.1 Å². The van der Waals surface area contributed by atoms with Crippen molar-refractivity contribution in [2.75, 3.05) is 6.54 Å². The molecule has 1 aromatic carbocycles. The van der Waals surface area contributed by atoms with Crippen LogP contribution >= 0.6 is 11.3 Å². The first-order valence-corrected chi connectivity index (χ1v) is 8.93. The summed E-state index contributed by atoms with van der Waals surface area (Å²) in [5.41, 5.74) is 1.77. The van der Waals surface area contributed by atoms with E-state index in [0.717, 1.165) is 17.4 Å². The SMILES string of the molecule is Cc1ncsc1-c1ccc(CNC(=O)[C@@H]2C[C@@H](O)CN2)cc1C(F)(F)F. The molecule has 3 N–H and O–H groups in total. The number of benzene rings is 1. The van der Waals surface area contributed by atoms with E-state index in [4.69, 9.17) is 0 Å². The van der Waals surface area contributed by atoms with Crippen LogP contribution in [0.25, 0.3) is 10.4 Å². The van der Waals surface area contributed by atoms with E-state index in [1.807, 2.05) is 0 Å². The summed E-state index contributed by atoms with van der Waals surface area (Å²) >= 11 is 1.16. The molecule has 0 saturated carbocycles. The topological polar surface area (TPSA) is 74.2 Å². The highest BCUT2D eigenvalue weighted by molar-refractivity contribution is 7.13. The van der Waals surface area contributed by atoms with Crippen LogP contribution in [-0.4, -0.2) is 34.7 Å². The van der Waals surface area contributed by atoms with Crippen molar-refractivity contribution in [2.24, 2.45) is 0 Å². The number of thiazole rings is 1. The van der Waals surface area contributed by atoms with Crippen LogP contribution in [0.4, 0.5) is 13.2 Å². The highest BCUT2D eigenvalue weighted by atomic mass is 32.1. The molecule has 9 heteroatoms. The van der Waals surface area contributed by atoms with E-state index in [2.05, 4.69) is 15.6 Å². The number of amides is 1. The summed E-state index contributed by atoms with van der Waals surface area (Å²) in [6.45, 7) is 1.99. The van der Waals surface area contributed by atoms with E-state index < -0.39 is 23.9 Å². The molecule has 0 aliphatic carbocycles. The second-order valence-corrected chi connectivity index (χ2v) is 7.07. The number of nitrogens with one attached hydrogen (secondary N) is 2. The predicted octanol–water partition coefficient (Wildman–Crippen LogP) is 2.48. The first kappa shape index (κ1) is 18.8. The minimum atomic E-state index is -4.51. The highest BCUT2D eigenvalue weighted by Gasteiger charge is 2.35. The van der Waals surface area contributed by atoms with Crippen molar-refractivity contribution in [1.82, 2.24) is 15.6 Å². The number of hydrogen-bond acceptors (Lipinski definition) is 5. The largest absolute Gasteiger partial charge is 0.417 e. The van der Waals surface area contributed by atoms with Gasteiger partial charge in [0.15, 0.2) is 0 Å². The molecular formula is C17H18F3N3O2S. The third-order valence-corrected chi connectivity index (χ3v) is 5.23. The Hall–Kier alpha value is -1.97. The molecule has 0 spiro atoms. The fraction of sp³-hybridized carbons (Fsp3) is 0.412. The van der Waals surface area contributed by atoms with Gasteiger partial charge < -0.3 is 15.7 Å². The van der Waals surface area contributed by atoms with Gasteiger partial charge in [0.05, 0.1) is 33.8 Å². The maximum absolute atomic E-state index is 13.5. The van der Waals surface area contributed by atoms with Crippen molar-refractivity contribution >= 4 is 17.2 Å². The van der Waals surface area contributed by atoms with Gasteiger partial charge in [0, 0.05) is 18.7 Å². The number of aliphatic hydroxyl groups excluding tert-OH is 1. The van der Waals surface area contributed by atoms with E-state index in [-0.39, 0.29) is 18.0 Å². The van der Waals surface area contributed by atoms with E-state index in [9.17, 15) is 23.1 Å². The van der Waals surface area contributed by atoms with Crippen molar-refractivity contribution in [3.05, 3.63) is 40.5 Å². The number of halogens is 3. The molecule has 2 atom stereocenters. The normalized spacial score (nSPS) is 20.3. The van der Waals surface area contributed by atoms with Crippen LogP contribution in [0.15, 0.2) is 23.7 Å². The molecule has 0 unspecified atom stereocenters. The van der Waals surface area contributed by atoms with E-state index in [1.165, 1.54) is 11.6 Å². The number of carbonyl (C=O) groups is 1. The summed E-state index contributed by atoms with van der Waals surface area (Å²) in [4.78, 5) is 16.5. The quantitative estimate of drug-likeness (QED) is 0.756. The molecule has 3 rings (SSSR count). The molecule has 1 saturated heterocycles. The molecule has 2 aromatic rings. The Morgan fingerprint density at radius 3 is 2.81 bits per heavy atom. The van der Waals surface area contributed by atoms with Crippen LogP contribution in [-0.2, 0) is 17.5 Å². The lowest BCUT2D eigenvalue weighted by Gasteiger charge is -2.15. The molecule has 1 aliphatic rings. The van der Waals surface area contributed by atoms with Gasteiger partial charge in [-0.25, -0.2) is 4.98 Å². The monoisotopic (exact) mass is 385 g/mol. The Balaban J connectivity index is 1.79. The summed E-state index contributed by atoms with van der Waals surface area (Å²) in [7, 11) is 0. The van der Waals surface area contributed by atoms with Gasteiger partial charge in [-0.3, -0.25) is 4.79 Å². The molecule has 140 valence electrons. The third-order valence-electron chi connectivity index (χ3n) is 4.27. The van der Waals surface area contributed by atoms with Gasteiger partial charge in [0.25, 0.3) is 0 Å². The van der Waals surface area contributed by atoms with Crippen molar-refractivity contribution in [2.45, 2.75) is 38.2 Å². The zero-order valence-corrected chi connectivity index (χ0v) is 14.7. The molecule has 26 heavy (non-hydrogen) atoms. The van der Waals surface area contributed by atoms with Crippen molar-refractivity contribution in [3.63, 3.8) is 0 Å². The van der Waals surface area contributed by atoms with Gasteiger partial charge >= 0.3 is 6.18 Å². The smallest absolute Gasteiger partial charge is 0.392 e. The summed E-state index contributed by atoms with van der Waals surface area (Å²) in [5, 5.41) is 14.9. The van der Waals surface area contributed by atoms with Crippen molar-refractivity contribution in [1.29, 1.82) is 0 Å². The molecular weight excluding hydrogens is 367 g/mol. The molecule has 1 aromatic heterocycles. The van der Waals surface area contributed by atoms with Gasteiger partial charge in [0.1, 0.15) is 0 Å². The zero-order chi connectivity index (χ0) is 18.9. The molecule has 1 aliphatic heterocycles. The number of nitrogens with zero attached hydrogens (tertiary/aromatic N) is 1. The highest BCUT2D eigenvalue weighted by Crippen LogP contribution is 2.40. The fourth-order valence-electron chi connectivity index (χ4n) is 2.92. The minimum Gasteiger partial charge on any atom is -0.392 e. The summed E-state index contributed by atoms with van der Waals surface area (Å²) in [6.07, 6.45) is -4.80. The number of rotatable bonds is 4. The minimum absolute atomic E-state index is 0.0157. The lowest BCUT2D eigenvalue weighted by Crippen LogP contribution is -2.40. The fourth-order valence-corrected chi connectivity index (χ4v) is 3.77. The number of aryl methyl sites for hydroxylation is 1. The average Bonchev–Trinajstić information content (AvgIpc) is 3.20. The Kier molecular flexibility index (Phi) is 5.31. The average molecular weight is 385 g/mol. The Labute approximate surface area is 152 Å². The third kappa shape index (κ3) is 4.05. The van der Waals surface area contributed by atoms with Crippen LogP contribution in [0, 0.1) is 6.92 Å². The maximum atomic E-state index is 13.5. The second kappa shape index (κ2) is 7.34. The van der Waals surface area contributed by atoms with Gasteiger partial charge in [0.2, 0.25) is 5.91 Å². The van der Waals surface area contributed by atoms with Crippen LogP contribution in [0.2, 0.25) is 0 Å². The predicted molar refractivity (Wildman–Crippen MR) is 91.6 cm³/mol. The molecule has 5 nitrogen and oxygen atoms in total. The summed E-state index contributed by atoms with van der Waals surface area (Å²) in [5.74, 6) is -0.336. The van der Waals surface area contributed by atoms with Crippen molar-refractivity contribution in [3.8, 4) is 10.4 Å². The number of β-amino-alcohol motifs (C(OH)–C–C–N with tert-alkyl or cyclic N) is 1. The van der Waals surface area contributed by atoms with E-state index in [1.54, 1.807) is 13.0 Å². The number of aliphatic hydroxyl groups is 1. The molecule has 0 radical (unpaired) electrons. The second-order valence-electron chi connectivity index (χ2n) is 6.21. The Bertz CT molecular complexity index is 807. The molecule has 0 bridgehead atoms. The Morgan fingerprint density at radius 1 is 1.46 bits per heavy atom. The van der Waals surface area contributed by atoms with Gasteiger partial charge in [-0.1, -0.05) is 12.1 Å². The lowest BCUT2D eigenvalue weighted by molar-refractivity contribution is -0.137. The van der Waals surface area contributed by atoms with Gasteiger partial charge in [-0.05, 0) is 25.0 Å².